The van der Waals surface area contributed by atoms with Gasteiger partial charge in [0.1, 0.15) is 5.75 Å². The fourth-order valence-electron chi connectivity index (χ4n) is 3.08. The number of nitrogens with one attached hydrogen (secondary N) is 1. The minimum atomic E-state index is -1.07. The molecule has 0 aliphatic carbocycles. The molecule has 1 aromatic heterocycles. The maximum absolute atomic E-state index is 12.5. The number of para-hydroxylation sites is 1. The van der Waals surface area contributed by atoms with E-state index in [1.165, 1.54) is 5.39 Å². The highest BCUT2D eigenvalue weighted by Gasteiger charge is 2.21. The van der Waals surface area contributed by atoms with Gasteiger partial charge in [0, 0.05) is 30.2 Å². The minimum absolute atomic E-state index is 0.285. The Balaban J connectivity index is 1.72. The first-order valence-corrected chi connectivity index (χ1v) is 9.79. The Morgan fingerprint density at radius 3 is 2.59 bits per heavy atom. The van der Waals surface area contributed by atoms with Gasteiger partial charge in [-0.3, -0.25) is 4.79 Å². The number of aromatic nitrogens is 1. The number of fused-ring (bicyclic) bond motifs is 1. The molecule has 0 atom stereocenters. The predicted octanol–water partition coefficient (Wildman–Crippen LogP) is 4.94. The zero-order valence-corrected chi connectivity index (χ0v) is 16.6. The van der Waals surface area contributed by atoms with Crippen molar-refractivity contribution in [3.63, 3.8) is 0 Å². The first kappa shape index (κ1) is 19.6. The van der Waals surface area contributed by atoms with Gasteiger partial charge in [-0.1, -0.05) is 53.5 Å². The topological polar surface area (TPSA) is 45.3 Å². The highest BCUT2D eigenvalue weighted by molar-refractivity contribution is 6.53. The monoisotopic (exact) mass is 404 g/mol. The Bertz CT molecular complexity index is 891. The molecule has 0 aliphatic heterocycles. The summed E-state index contributed by atoms with van der Waals surface area (Å²) >= 11 is 11.7. The fraction of sp³-hybridized carbons (Fsp3) is 0.286. The Hall–Kier alpha value is -2.17. The highest BCUT2D eigenvalue weighted by atomic mass is 35.5. The number of aromatic amines is 1. The molecule has 2 aromatic carbocycles. The molecule has 1 heterocycles. The van der Waals surface area contributed by atoms with Crippen LogP contribution in [0, 0.1) is 0 Å². The number of benzene rings is 2. The lowest BCUT2D eigenvalue weighted by Crippen LogP contribution is -2.36. The summed E-state index contributed by atoms with van der Waals surface area (Å²) in [7, 11) is 0. The van der Waals surface area contributed by atoms with E-state index in [2.05, 4.69) is 11.1 Å². The molecule has 0 radical (unpaired) electrons. The van der Waals surface area contributed by atoms with Crippen LogP contribution in [-0.2, 0) is 17.8 Å². The van der Waals surface area contributed by atoms with Crippen LogP contribution < -0.4 is 4.74 Å². The summed E-state index contributed by atoms with van der Waals surface area (Å²) in [5.74, 6) is 0.526. The molecule has 1 N–H and O–H groups in total. The van der Waals surface area contributed by atoms with Gasteiger partial charge in [0.15, 0.2) is 4.84 Å². The third-order valence-corrected chi connectivity index (χ3v) is 4.81. The second kappa shape index (κ2) is 9.16. The van der Waals surface area contributed by atoms with E-state index in [0.29, 0.717) is 26.1 Å². The molecule has 0 saturated heterocycles. The number of alkyl halides is 2. The van der Waals surface area contributed by atoms with Crippen molar-refractivity contribution in [2.75, 3.05) is 13.2 Å². The van der Waals surface area contributed by atoms with Crippen LogP contribution in [0.15, 0.2) is 54.7 Å². The van der Waals surface area contributed by atoms with Crippen molar-refractivity contribution in [2.45, 2.75) is 24.7 Å². The smallest absolute Gasteiger partial charge is 0.256 e. The first-order chi connectivity index (χ1) is 13.1. The van der Waals surface area contributed by atoms with Gasteiger partial charge in [-0.05, 0) is 42.7 Å². The molecule has 0 spiro atoms. The summed E-state index contributed by atoms with van der Waals surface area (Å²) in [6.07, 6.45) is 2.70. The molecule has 3 rings (SSSR count). The maximum atomic E-state index is 12.5. The molecule has 0 fully saturated rings. The van der Waals surface area contributed by atoms with Gasteiger partial charge >= 0.3 is 0 Å². The average Bonchev–Trinajstić information content (AvgIpc) is 3.09. The van der Waals surface area contributed by atoms with Crippen molar-refractivity contribution >= 4 is 40.0 Å². The molecule has 4 nitrogen and oxygen atoms in total. The second-order valence-electron chi connectivity index (χ2n) is 6.25. The van der Waals surface area contributed by atoms with Crippen LogP contribution in [0.4, 0.5) is 0 Å². The van der Waals surface area contributed by atoms with Crippen LogP contribution in [0.5, 0.6) is 5.75 Å². The summed E-state index contributed by atoms with van der Waals surface area (Å²) in [6, 6.07) is 15.8. The molecule has 1 amide bonds. The number of carbonyl (C=O) groups excluding carboxylic acids is 1. The number of amides is 1. The van der Waals surface area contributed by atoms with Gasteiger partial charge in [0.2, 0.25) is 0 Å². The first-order valence-electron chi connectivity index (χ1n) is 8.92. The summed E-state index contributed by atoms with van der Waals surface area (Å²) in [5, 5.41) is 1.17. The predicted molar refractivity (Wildman–Crippen MR) is 111 cm³/mol. The van der Waals surface area contributed by atoms with E-state index in [9.17, 15) is 4.79 Å². The highest BCUT2D eigenvalue weighted by Crippen LogP contribution is 2.20. The third-order valence-electron chi connectivity index (χ3n) is 4.43. The Kier molecular flexibility index (Phi) is 6.64. The average molecular weight is 405 g/mol. The Labute approximate surface area is 169 Å². The number of ether oxygens (including phenoxy) is 1. The maximum Gasteiger partial charge on any atom is 0.256 e. The number of carbonyl (C=O) groups is 1. The van der Waals surface area contributed by atoms with Crippen LogP contribution >= 0.6 is 23.2 Å². The number of halogens is 2. The number of nitrogens with zero attached hydrogens (tertiary/aromatic N) is 1. The molecular weight excluding hydrogens is 383 g/mol. The lowest BCUT2D eigenvalue weighted by molar-refractivity contribution is -0.129. The van der Waals surface area contributed by atoms with Crippen LogP contribution in [-0.4, -0.2) is 33.8 Å². The minimum Gasteiger partial charge on any atom is -0.494 e. The number of hydrogen-bond acceptors (Lipinski definition) is 2. The van der Waals surface area contributed by atoms with E-state index in [0.717, 1.165) is 22.4 Å². The molecule has 27 heavy (non-hydrogen) atoms. The van der Waals surface area contributed by atoms with E-state index in [-0.39, 0.29) is 5.91 Å². The summed E-state index contributed by atoms with van der Waals surface area (Å²) in [5.41, 5.74) is 3.25. The summed E-state index contributed by atoms with van der Waals surface area (Å²) in [6.45, 7) is 3.54. The third kappa shape index (κ3) is 4.96. The Morgan fingerprint density at radius 2 is 1.89 bits per heavy atom. The van der Waals surface area contributed by atoms with E-state index >= 15 is 0 Å². The number of hydrogen-bond donors (Lipinski definition) is 1. The Morgan fingerprint density at radius 1 is 1.15 bits per heavy atom. The second-order valence-corrected chi connectivity index (χ2v) is 7.34. The summed E-state index contributed by atoms with van der Waals surface area (Å²) in [4.78, 5) is 16.4. The zero-order chi connectivity index (χ0) is 19.2. The van der Waals surface area contributed by atoms with Gasteiger partial charge in [-0.2, -0.15) is 0 Å². The van der Waals surface area contributed by atoms with Gasteiger partial charge < -0.3 is 14.6 Å². The van der Waals surface area contributed by atoms with E-state index in [1.807, 2.05) is 55.6 Å². The quantitative estimate of drug-likeness (QED) is 0.540. The number of rotatable bonds is 8. The normalized spacial score (nSPS) is 11.1. The molecule has 6 heteroatoms. The molecule has 142 valence electrons. The van der Waals surface area contributed by atoms with Crippen molar-refractivity contribution in [3.8, 4) is 5.75 Å². The largest absolute Gasteiger partial charge is 0.494 e. The molecule has 0 saturated carbocycles. The molecule has 0 unspecified atom stereocenters. The zero-order valence-electron chi connectivity index (χ0n) is 15.1. The molecule has 0 aliphatic rings. The van der Waals surface area contributed by atoms with E-state index < -0.39 is 4.84 Å². The SMILES string of the molecule is CCOc1ccc(CN(CCc2c[nH]c3ccccc23)C(=O)C(Cl)Cl)cc1. The van der Waals surface area contributed by atoms with Crippen molar-refractivity contribution in [2.24, 2.45) is 0 Å². The van der Waals surface area contributed by atoms with E-state index in [1.54, 1.807) is 4.90 Å². The van der Waals surface area contributed by atoms with Gasteiger partial charge in [-0.15, -0.1) is 0 Å². The number of H-pyrrole nitrogens is 1. The van der Waals surface area contributed by atoms with Crippen molar-refractivity contribution in [3.05, 3.63) is 65.9 Å². The lowest BCUT2D eigenvalue weighted by atomic mass is 10.1. The van der Waals surface area contributed by atoms with Gasteiger partial charge in [0.05, 0.1) is 6.61 Å². The van der Waals surface area contributed by atoms with Crippen molar-refractivity contribution < 1.29 is 9.53 Å². The lowest BCUT2D eigenvalue weighted by Gasteiger charge is -2.23. The fourth-order valence-corrected chi connectivity index (χ4v) is 3.35. The van der Waals surface area contributed by atoms with E-state index in [4.69, 9.17) is 27.9 Å². The van der Waals surface area contributed by atoms with Gasteiger partial charge in [0.25, 0.3) is 5.91 Å². The van der Waals surface area contributed by atoms with Gasteiger partial charge in [-0.25, -0.2) is 0 Å². The standard InChI is InChI=1S/C21H22Cl2N2O2/c1-2-27-17-9-7-15(8-10-17)14-25(21(26)20(22)23)12-11-16-13-24-19-6-4-3-5-18(16)19/h3-10,13,20,24H,2,11-12,14H2,1H3. The van der Waals surface area contributed by atoms with Crippen LogP contribution in [0.2, 0.25) is 0 Å². The van der Waals surface area contributed by atoms with Crippen LogP contribution in [0.1, 0.15) is 18.1 Å². The van der Waals surface area contributed by atoms with Crippen molar-refractivity contribution in [1.29, 1.82) is 0 Å². The van der Waals surface area contributed by atoms with Crippen molar-refractivity contribution in [1.82, 2.24) is 9.88 Å². The van der Waals surface area contributed by atoms with Crippen LogP contribution in [0.3, 0.4) is 0 Å². The van der Waals surface area contributed by atoms with Crippen LogP contribution in [0.25, 0.3) is 10.9 Å². The summed E-state index contributed by atoms with van der Waals surface area (Å²) < 4.78 is 5.46. The molecular formula is C21H22Cl2N2O2. The molecule has 3 aromatic rings. The molecule has 0 bridgehead atoms.